The highest BCUT2D eigenvalue weighted by molar-refractivity contribution is 7.18. The maximum Gasteiger partial charge on any atom is 0.331 e. The number of fused-ring (bicyclic) bond motifs is 1. The third kappa shape index (κ3) is 3.53. The summed E-state index contributed by atoms with van der Waals surface area (Å²) in [6.07, 6.45) is 1.49. The van der Waals surface area contributed by atoms with Crippen LogP contribution in [0.5, 0.6) is 0 Å². The summed E-state index contributed by atoms with van der Waals surface area (Å²) in [5.41, 5.74) is 0.0320. The van der Waals surface area contributed by atoms with Crippen LogP contribution in [0.2, 0.25) is 0 Å². The Morgan fingerprint density at radius 3 is 2.72 bits per heavy atom. The second kappa shape index (κ2) is 7.02. The predicted molar refractivity (Wildman–Crippen MR) is 97.2 cm³/mol. The van der Waals surface area contributed by atoms with Gasteiger partial charge in [0.1, 0.15) is 5.69 Å². The molecule has 0 atom stereocenters. The van der Waals surface area contributed by atoms with E-state index in [1.54, 1.807) is 11.3 Å². The van der Waals surface area contributed by atoms with E-state index in [0.29, 0.717) is 6.54 Å². The van der Waals surface area contributed by atoms with E-state index in [1.807, 2.05) is 24.3 Å². The summed E-state index contributed by atoms with van der Waals surface area (Å²) in [5.74, 6) is -0.429. The van der Waals surface area contributed by atoms with Gasteiger partial charge in [0.05, 0.1) is 15.2 Å². The Balaban J connectivity index is 1.60. The molecule has 1 N–H and O–H groups in total. The van der Waals surface area contributed by atoms with E-state index >= 15 is 0 Å². The molecule has 2 aromatic heterocycles. The molecule has 0 saturated heterocycles. The van der Waals surface area contributed by atoms with E-state index in [0.717, 1.165) is 32.6 Å². The van der Waals surface area contributed by atoms with Crippen molar-refractivity contribution in [2.45, 2.75) is 12.8 Å². The molecule has 3 rings (SSSR count). The van der Waals surface area contributed by atoms with Gasteiger partial charge in [0, 0.05) is 33.1 Å². The monoisotopic (exact) mass is 358 g/mol. The highest BCUT2D eigenvalue weighted by Crippen LogP contribution is 2.22. The lowest BCUT2D eigenvalue weighted by atomic mass is 10.3. The Morgan fingerprint density at radius 2 is 1.96 bits per heavy atom. The standard InChI is InChI=1S/C17H18N4O3S/c1-20-12(10-15(22)21(2)17(20)24)16(23)18-9-5-8-14-19-11-6-3-4-7-13(11)25-14/h3-4,6-7,10H,5,8-9H2,1-2H3,(H,18,23). The van der Waals surface area contributed by atoms with Crippen LogP contribution in [-0.2, 0) is 20.5 Å². The summed E-state index contributed by atoms with van der Waals surface area (Å²) < 4.78 is 3.28. The number of hydrogen-bond acceptors (Lipinski definition) is 5. The number of thiazole rings is 1. The molecule has 130 valence electrons. The molecule has 1 aromatic carbocycles. The second-order valence-corrected chi connectivity index (χ2v) is 6.82. The number of nitrogens with one attached hydrogen (secondary N) is 1. The van der Waals surface area contributed by atoms with E-state index in [4.69, 9.17) is 0 Å². The zero-order valence-electron chi connectivity index (χ0n) is 14.0. The van der Waals surface area contributed by atoms with Gasteiger partial charge in [0.2, 0.25) is 0 Å². The molecule has 2 heterocycles. The van der Waals surface area contributed by atoms with Gasteiger partial charge in [0.15, 0.2) is 0 Å². The highest BCUT2D eigenvalue weighted by Gasteiger charge is 2.13. The van der Waals surface area contributed by atoms with Crippen molar-refractivity contribution >= 4 is 27.5 Å². The molecule has 0 unspecified atom stereocenters. The van der Waals surface area contributed by atoms with Gasteiger partial charge in [-0.15, -0.1) is 11.3 Å². The first-order valence-corrected chi connectivity index (χ1v) is 8.68. The molecule has 0 aliphatic heterocycles. The SMILES string of the molecule is Cn1c(C(=O)NCCCc2nc3ccccc3s2)cc(=O)n(C)c1=O. The minimum absolute atomic E-state index is 0.0630. The molecular weight excluding hydrogens is 340 g/mol. The van der Waals surface area contributed by atoms with E-state index in [1.165, 1.54) is 24.7 Å². The van der Waals surface area contributed by atoms with Crippen molar-refractivity contribution in [3.63, 3.8) is 0 Å². The fourth-order valence-corrected chi connectivity index (χ4v) is 3.52. The summed E-state index contributed by atoms with van der Waals surface area (Å²) in [6.45, 7) is 0.443. The van der Waals surface area contributed by atoms with Crippen LogP contribution in [-0.4, -0.2) is 26.6 Å². The summed E-state index contributed by atoms with van der Waals surface area (Å²) >= 11 is 1.65. The maximum atomic E-state index is 12.2. The molecule has 8 heteroatoms. The zero-order chi connectivity index (χ0) is 18.0. The quantitative estimate of drug-likeness (QED) is 0.691. The summed E-state index contributed by atoms with van der Waals surface area (Å²) in [4.78, 5) is 40.3. The molecule has 0 aliphatic rings. The average Bonchev–Trinajstić information content (AvgIpc) is 3.02. The molecule has 1 amide bonds. The van der Waals surface area contributed by atoms with E-state index in [9.17, 15) is 14.4 Å². The number of nitrogens with zero attached hydrogens (tertiary/aromatic N) is 3. The van der Waals surface area contributed by atoms with Gasteiger partial charge in [0.25, 0.3) is 11.5 Å². The molecule has 25 heavy (non-hydrogen) atoms. The van der Waals surface area contributed by atoms with Crippen molar-refractivity contribution in [3.8, 4) is 0 Å². The smallest absolute Gasteiger partial charge is 0.331 e. The van der Waals surface area contributed by atoms with Crippen LogP contribution in [0, 0.1) is 0 Å². The van der Waals surface area contributed by atoms with Crippen LogP contribution in [0.3, 0.4) is 0 Å². The van der Waals surface area contributed by atoms with Gasteiger partial charge in [-0.25, -0.2) is 9.78 Å². The third-order valence-corrected chi connectivity index (χ3v) is 5.05. The highest BCUT2D eigenvalue weighted by atomic mass is 32.1. The number of rotatable bonds is 5. The van der Waals surface area contributed by atoms with Gasteiger partial charge in [-0.3, -0.25) is 18.7 Å². The second-order valence-electron chi connectivity index (χ2n) is 5.70. The van der Waals surface area contributed by atoms with Crippen LogP contribution >= 0.6 is 11.3 Å². The number of carbonyl (C=O) groups is 1. The minimum atomic E-state index is -0.521. The molecule has 0 saturated carbocycles. The van der Waals surface area contributed by atoms with Crippen LogP contribution in [0.4, 0.5) is 0 Å². The van der Waals surface area contributed by atoms with E-state index in [-0.39, 0.29) is 5.69 Å². The number of aromatic nitrogens is 3. The first-order valence-electron chi connectivity index (χ1n) is 7.87. The first kappa shape index (κ1) is 17.1. The summed E-state index contributed by atoms with van der Waals surface area (Å²) in [7, 11) is 2.85. The number of aryl methyl sites for hydroxylation is 1. The van der Waals surface area contributed by atoms with Crippen LogP contribution in [0.25, 0.3) is 10.2 Å². The fourth-order valence-electron chi connectivity index (χ4n) is 2.51. The third-order valence-electron chi connectivity index (χ3n) is 3.95. The van der Waals surface area contributed by atoms with Crippen molar-refractivity contribution in [3.05, 3.63) is 61.9 Å². The molecule has 7 nitrogen and oxygen atoms in total. The average molecular weight is 358 g/mol. The summed E-state index contributed by atoms with van der Waals surface area (Å²) in [5, 5.41) is 3.77. The maximum absolute atomic E-state index is 12.2. The summed E-state index contributed by atoms with van der Waals surface area (Å²) in [6, 6.07) is 9.13. The Hall–Kier alpha value is -2.74. The zero-order valence-corrected chi connectivity index (χ0v) is 14.8. The Kier molecular flexibility index (Phi) is 4.80. The number of hydrogen-bond donors (Lipinski definition) is 1. The molecule has 0 bridgehead atoms. The topological polar surface area (TPSA) is 86.0 Å². The fraction of sp³-hybridized carbons (Fsp3) is 0.294. The van der Waals surface area contributed by atoms with Gasteiger partial charge in [-0.2, -0.15) is 0 Å². The number of para-hydroxylation sites is 1. The van der Waals surface area contributed by atoms with Crippen molar-refractivity contribution in [2.24, 2.45) is 14.1 Å². The lowest BCUT2D eigenvalue weighted by Gasteiger charge is -2.09. The number of amides is 1. The van der Waals surface area contributed by atoms with Gasteiger partial charge >= 0.3 is 5.69 Å². The van der Waals surface area contributed by atoms with Crippen molar-refractivity contribution in [2.75, 3.05) is 6.54 Å². The van der Waals surface area contributed by atoms with Crippen LogP contribution in [0.1, 0.15) is 21.9 Å². The Morgan fingerprint density at radius 1 is 1.20 bits per heavy atom. The van der Waals surface area contributed by atoms with Crippen LogP contribution < -0.4 is 16.6 Å². The number of carbonyl (C=O) groups excluding carboxylic acids is 1. The van der Waals surface area contributed by atoms with Gasteiger partial charge < -0.3 is 5.32 Å². The molecule has 0 aliphatic carbocycles. The first-order chi connectivity index (χ1) is 12.0. The predicted octanol–water partition coefficient (Wildman–Crippen LogP) is 1.06. The Labute approximate surface area is 147 Å². The molecule has 0 fully saturated rings. The number of benzene rings is 1. The van der Waals surface area contributed by atoms with Crippen molar-refractivity contribution in [1.82, 2.24) is 19.4 Å². The molecular formula is C17H18N4O3S. The Bertz CT molecular complexity index is 1010. The van der Waals surface area contributed by atoms with Gasteiger partial charge in [-0.1, -0.05) is 12.1 Å². The largest absolute Gasteiger partial charge is 0.351 e. The lowest BCUT2D eigenvalue weighted by Crippen LogP contribution is -2.41. The molecule has 0 radical (unpaired) electrons. The lowest BCUT2D eigenvalue weighted by molar-refractivity contribution is 0.0943. The van der Waals surface area contributed by atoms with Gasteiger partial charge in [-0.05, 0) is 18.6 Å². The molecule has 3 aromatic rings. The van der Waals surface area contributed by atoms with E-state index < -0.39 is 17.2 Å². The van der Waals surface area contributed by atoms with E-state index in [2.05, 4.69) is 10.3 Å². The van der Waals surface area contributed by atoms with Crippen LogP contribution in [0.15, 0.2) is 39.9 Å². The minimum Gasteiger partial charge on any atom is -0.351 e. The normalized spacial score (nSPS) is 11.0. The van der Waals surface area contributed by atoms with Crippen molar-refractivity contribution < 1.29 is 4.79 Å². The van der Waals surface area contributed by atoms with Crippen molar-refractivity contribution in [1.29, 1.82) is 0 Å². The molecule has 0 spiro atoms.